The van der Waals surface area contributed by atoms with Gasteiger partial charge in [-0.15, -0.1) is 0 Å². The number of aliphatic hydroxyl groups is 1. The van der Waals surface area contributed by atoms with Gasteiger partial charge in [-0.3, -0.25) is 4.79 Å². The van der Waals surface area contributed by atoms with E-state index in [0.717, 1.165) is 62.2 Å². The highest BCUT2D eigenvalue weighted by Crippen LogP contribution is 2.46. The van der Waals surface area contributed by atoms with Gasteiger partial charge in [0.1, 0.15) is 5.75 Å². The molecule has 4 aliphatic rings. The molecule has 7 nitrogen and oxygen atoms in total. The third kappa shape index (κ3) is 6.14. The molecule has 0 radical (unpaired) electrons. The van der Waals surface area contributed by atoms with Crippen molar-refractivity contribution in [3.05, 3.63) is 70.3 Å². The van der Waals surface area contributed by atoms with Crippen LogP contribution in [0.4, 0.5) is 5.69 Å². The molecule has 0 aromatic heterocycles. The highest BCUT2D eigenvalue weighted by Gasteiger charge is 2.44. The number of rotatable bonds is 3. The first-order chi connectivity index (χ1) is 21.1. The summed E-state index contributed by atoms with van der Waals surface area (Å²) in [5.74, 6) is 0.278. The average Bonchev–Trinajstić information content (AvgIpc) is 3.11. The first-order valence-corrected chi connectivity index (χ1v) is 18.2. The molecule has 2 heterocycles. The van der Waals surface area contributed by atoms with Crippen molar-refractivity contribution in [2.75, 3.05) is 24.6 Å². The fraction of sp³-hybridized carbons (Fsp3) is 0.571. The zero-order valence-corrected chi connectivity index (χ0v) is 27.4. The number of unbranched alkanes of at least 4 members (excludes halogenated alkanes) is 1. The number of anilines is 1. The molecule has 2 aliphatic heterocycles. The minimum absolute atomic E-state index is 0.126. The molecule has 1 amide bonds. The Hall–Kier alpha value is -2.55. The quantitative estimate of drug-likeness (QED) is 0.376. The first-order valence-electron chi connectivity index (χ1n) is 16.3. The standard InChI is InChI=1S/C35H45ClN2O5S/c1-3-4-10-33-23(2)7-5-9-31(39)28-14-11-26(28)20-38-21-35(17-6-8-24-18-27(36)13-15-29(24)35)22-43-32-16-12-25(19-30(32)38)34(40)37-44(33,41)42/h5,9,12-13,15-16,18-19,23,26,28,31,33,39H,3-4,6-8,10-11,14,17,20-22H2,1-2H3,(H,37,40)/b9-5-/t23-,26-,28+,31+,33-,35-/m0/s1. The number of sulfonamides is 1. The summed E-state index contributed by atoms with van der Waals surface area (Å²) in [5, 5.41) is 11.3. The topological polar surface area (TPSA) is 95.9 Å². The number of aryl methyl sites for hydroxylation is 1. The van der Waals surface area contributed by atoms with Crippen molar-refractivity contribution in [2.24, 2.45) is 17.8 Å². The van der Waals surface area contributed by atoms with E-state index >= 15 is 0 Å². The van der Waals surface area contributed by atoms with E-state index < -0.39 is 27.3 Å². The molecule has 1 saturated carbocycles. The minimum Gasteiger partial charge on any atom is -0.490 e. The molecule has 44 heavy (non-hydrogen) atoms. The van der Waals surface area contributed by atoms with Gasteiger partial charge >= 0.3 is 0 Å². The second kappa shape index (κ2) is 12.7. The fourth-order valence-electron chi connectivity index (χ4n) is 7.95. The van der Waals surface area contributed by atoms with E-state index in [1.807, 2.05) is 38.1 Å². The Morgan fingerprint density at radius 2 is 2.02 bits per heavy atom. The van der Waals surface area contributed by atoms with Crippen LogP contribution in [0.25, 0.3) is 0 Å². The molecule has 2 aliphatic carbocycles. The molecule has 238 valence electrons. The summed E-state index contributed by atoms with van der Waals surface area (Å²) in [4.78, 5) is 15.9. The predicted molar refractivity (Wildman–Crippen MR) is 175 cm³/mol. The lowest BCUT2D eigenvalue weighted by atomic mass is 9.68. The summed E-state index contributed by atoms with van der Waals surface area (Å²) in [5.41, 5.74) is 3.35. The van der Waals surface area contributed by atoms with Crippen molar-refractivity contribution in [3.8, 4) is 5.75 Å². The Labute approximate surface area is 267 Å². The number of carbonyl (C=O) groups excluding carboxylic acids is 1. The zero-order chi connectivity index (χ0) is 31.1. The van der Waals surface area contributed by atoms with Crippen LogP contribution in [-0.2, 0) is 21.9 Å². The Morgan fingerprint density at radius 3 is 2.80 bits per heavy atom. The maximum Gasteiger partial charge on any atom is 0.264 e. The number of hydrogen-bond acceptors (Lipinski definition) is 6. The summed E-state index contributed by atoms with van der Waals surface area (Å²) in [6, 6.07) is 11.5. The molecule has 2 aromatic carbocycles. The molecule has 1 spiro atoms. The Kier molecular flexibility index (Phi) is 9.06. The number of amides is 1. The molecule has 2 aromatic rings. The molecule has 0 saturated heterocycles. The van der Waals surface area contributed by atoms with Crippen molar-refractivity contribution in [2.45, 2.75) is 88.4 Å². The van der Waals surface area contributed by atoms with Crippen molar-refractivity contribution < 1.29 is 23.1 Å². The number of aliphatic hydroxyl groups excluding tert-OH is 1. The van der Waals surface area contributed by atoms with E-state index in [9.17, 15) is 18.3 Å². The molecule has 1 fully saturated rings. The molecule has 9 heteroatoms. The lowest BCUT2D eigenvalue weighted by molar-refractivity contribution is 0.0455. The third-order valence-corrected chi connectivity index (χ3v) is 12.8. The van der Waals surface area contributed by atoms with E-state index in [4.69, 9.17) is 16.3 Å². The zero-order valence-electron chi connectivity index (χ0n) is 25.8. The molecule has 6 rings (SSSR count). The average molecular weight is 641 g/mol. The molecule has 2 bridgehead atoms. The van der Waals surface area contributed by atoms with Crippen LogP contribution >= 0.6 is 11.6 Å². The predicted octanol–water partition coefficient (Wildman–Crippen LogP) is 6.41. The smallest absolute Gasteiger partial charge is 0.264 e. The van der Waals surface area contributed by atoms with Crippen LogP contribution in [0.1, 0.15) is 86.7 Å². The Bertz CT molecular complexity index is 1530. The summed E-state index contributed by atoms with van der Waals surface area (Å²) in [7, 11) is -3.94. The fourth-order valence-corrected chi connectivity index (χ4v) is 9.87. The van der Waals surface area contributed by atoms with Crippen LogP contribution in [0.3, 0.4) is 0 Å². The second-order valence-electron chi connectivity index (χ2n) is 13.6. The lowest BCUT2D eigenvalue weighted by Crippen LogP contribution is -2.49. The minimum atomic E-state index is -3.94. The largest absolute Gasteiger partial charge is 0.490 e. The van der Waals surface area contributed by atoms with Crippen molar-refractivity contribution in [1.29, 1.82) is 0 Å². The number of nitrogens with one attached hydrogen (secondary N) is 1. The summed E-state index contributed by atoms with van der Waals surface area (Å²) >= 11 is 6.40. The normalized spacial score (nSPS) is 32.3. The maximum absolute atomic E-state index is 13.6. The highest BCUT2D eigenvalue weighted by atomic mass is 35.5. The van der Waals surface area contributed by atoms with E-state index in [1.165, 1.54) is 11.1 Å². The molecule has 2 N–H and O–H groups in total. The molecular formula is C35H45ClN2O5S. The maximum atomic E-state index is 13.6. The van der Waals surface area contributed by atoms with Crippen LogP contribution < -0.4 is 14.4 Å². The van der Waals surface area contributed by atoms with E-state index in [-0.39, 0.29) is 23.2 Å². The van der Waals surface area contributed by atoms with Gasteiger partial charge in [0.25, 0.3) is 5.91 Å². The third-order valence-electron chi connectivity index (χ3n) is 10.6. The lowest BCUT2D eigenvalue weighted by Gasteiger charge is -2.45. The molecule has 0 unspecified atom stereocenters. The van der Waals surface area contributed by atoms with Gasteiger partial charge in [-0.2, -0.15) is 0 Å². The van der Waals surface area contributed by atoms with Gasteiger partial charge in [0.15, 0.2) is 0 Å². The van der Waals surface area contributed by atoms with Crippen molar-refractivity contribution in [1.82, 2.24) is 4.72 Å². The van der Waals surface area contributed by atoms with Crippen molar-refractivity contribution in [3.63, 3.8) is 0 Å². The van der Waals surface area contributed by atoms with E-state index in [2.05, 4.69) is 21.8 Å². The number of ether oxygens (including phenoxy) is 1. The highest BCUT2D eigenvalue weighted by molar-refractivity contribution is 7.90. The van der Waals surface area contributed by atoms with Crippen LogP contribution in [0.15, 0.2) is 48.6 Å². The van der Waals surface area contributed by atoms with Crippen LogP contribution in [0, 0.1) is 17.8 Å². The number of benzene rings is 2. The number of halogens is 1. The van der Waals surface area contributed by atoms with E-state index in [0.29, 0.717) is 37.3 Å². The Morgan fingerprint density at radius 1 is 1.18 bits per heavy atom. The van der Waals surface area contributed by atoms with Crippen LogP contribution in [-0.4, -0.2) is 50.5 Å². The van der Waals surface area contributed by atoms with Gasteiger partial charge in [0.05, 0.1) is 23.6 Å². The number of carbonyl (C=O) groups is 1. The molecule has 6 atom stereocenters. The number of allylic oxidation sites excluding steroid dienone is 1. The van der Waals surface area contributed by atoms with Gasteiger partial charge < -0.3 is 14.7 Å². The molecular weight excluding hydrogens is 596 g/mol. The monoisotopic (exact) mass is 640 g/mol. The van der Waals surface area contributed by atoms with Gasteiger partial charge in [-0.05, 0) is 104 Å². The van der Waals surface area contributed by atoms with Gasteiger partial charge in [0, 0.05) is 29.1 Å². The van der Waals surface area contributed by atoms with Crippen LogP contribution in [0.2, 0.25) is 5.02 Å². The van der Waals surface area contributed by atoms with Crippen molar-refractivity contribution >= 4 is 33.2 Å². The summed E-state index contributed by atoms with van der Waals surface area (Å²) < 4.78 is 36.2. The number of hydrogen-bond donors (Lipinski definition) is 2. The van der Waals surface area contributed by atoms with Gasteiger partial charge in [-0.1, -0.05) is 56.5 Å². The van der Waals surface area contributed by atoms with E-state index in [1.54, 1.807) is 12.1 Å². The van der Waals surface area contributed by atoms with Gasteiger partial charge in [0.2, 0.25) is 10.0 Å². The number of nitrogens with zero attached hydrogens (tertiary/aromatic N) is 1. The first kappa shape index (κ1) is 31.4. The SMILES string of the molecule is CCCC[C@H]1[C@@H](C)C/C=C\[C@@H](O)[C@@H]2CC[C@H]2CN2C[C@@]3(CCCc4cc(Cl)ccc43)COc3ccc(cc32)C(=O)NS1(=O)=O. The summed E-state index contributed by atoms with van der Waals surface area (Å²) in [6.07, 6.45) is 10.8. The number of fused-ring (bicyclic) bond motifs is 4. The second-order valence-corrected chi connectivity index (χ2v) is 15.9. The Balaban J connectivity index is 1.41. The summed E-state index contributed by atoms with van der Waals surface area (Å²) in [6.45, 7) is 5.87. The van der Waals surface area contributed by atoms with Crippen LogP contribution in [0.5, 0.6) is 5.75 Å². The van der Waals surface area contributed by atoms with Gasteiger partial charge in [-0.25, -0.2) is 13.1 Å².